The van der Waals surface area contributed by atoms with Crippen LogP contribution in [-0.2, 0) is 9.59 Å². The maximum absolute atomic E-state index is 11.5. The van der Waals surface area contributed by atoms with Gasteiger partial charge in [0, 0.05) is 0 Å². The van der Waals surface area contributed by atoms with Gasteiger partial charge in [0.15, 0.2) is 5.16 Å². The molecule has 0 spiro atoms. The van der Waals surface area contributed by atoms with Crippen LogP contribution in [0.15, 0.2) is 29.4 Å². The maximum atomic E-state index is 11.5. The first-order valence-electron chi connectivity index (χ1n) is 5.94. The minimum atomic E-state index is -1.50. The van der Waals surface area contributed by atoms with Crippen LogP contribution >= 0.6 is 11.8 Å². The molecular formula is C13H14N2O4S. The van der Waals surface area contributed by atoms with Crippen LogP contribution in [0.2, 0.25) is 0 Å². The van der Waals surface area contributed by atoms with Gasteiger partial charge in [0.2, 0.25) is 0 Å². The van der Waals surface area contributed by atoms with Gasteiger partial charge in [-0.1, -0.05) is 23.9 Å². The standard InChI is InChI=1S/C13H14N2O4S/c1-7(10(16)17)13(2,11(18)19)20-12-14-8-5-3-4-6-9(8)15-12/h3-7H,1-2H3,(H,14,15)(H,16,17)(H,18,19). The largest absolute Gasteiger partial charge is 0.481 e. The molecule has 0 amide bonds. The summed E-state index contributed by atoms with van der Waals surface area (Å²) in [5, 5.41) is 18.8. The van der Waals surface area contributed by atoms with Gasteiger partial charge < -0.3 is 15.2 Å². The lowest BCUT2D eigenvalue weighted by atomic mass is 9.95. The molecule has 0 fully saturated rings. The minimum Gasteiger partial charge on any atom is -0.481 e. The van der Waals surface area contributed by atoms with Crippen molar-refractivity contribution in [3.05, 3.63) is 24.3 Å². The highest BCUT2D eigenvalue weighted by molar-refractivity contribution is 8.01. The summed E-state index contributed by atoms with van der Waals surface area (Å²) in [5.74, 6) is -3.39. The minimum absolute atomic E-state index is 0.393. The Bertz CT molecular complexity index is 636. The Labute approximate surface area is 119 Å². The normalized spacial score (nSPS) is 15.7. The Morgan fingerprint density at radius 3 is 2.55 bits per heavy atom. The van der Waals surface area contributed by atoms with Crippen molar-refractivity contribution >= 4 is 34.7 Å². The number of imidazole rings is 1. The molecule has 20 heavy (non-hydrogen) atoms. The number of carbonyl (C=O) groups is 2. The zero-order valence-corrected chi connectivity index (χ0v) is 11.8. The van der Waals surface area contributed by atoms with E-state index in [9.17, 15) is 14.7 Å². The molecular weight excluding hydrogens is 280 g/mol. The number of rotatable bonds is 5. The van der Waals surface area contributed by atoms with Crippen LogP contribution < -0.4 is 0 Å². The number of hydrogen-bond acceptors (Lipinski definition) is 4. The van der Waals surface area contributed by atoms with Gasteiger partial charge in [-0.05, 0) is 26.0 Å². The molecule has 2 rings (SSSR count). The highest BCUT2D eigenvalue weighted by atomic mass is 32.2. The Morgan fingerprint density at radius 2 is 2.00 bits per heavy atom. The summed E-state index contributed by atoms with van der Waals surface area (Å²) in [7, 11) is 0. The molecule has 3 N–H and O–H groups in total. The molecule has 1 heterocycles. The number of aliphatic carboxylic acids is 2. The first-order chi connectivity index (χ1) is 9.34. The summed E-state index contributed by atoms with van der Waals surface area (Å²) in [6, 6.07) is 7.29. The first-order valence-corrected chi connectivity index (χ1v) is 6.76. The number of para-hydroxylation sites is 2. The number of hydrogen-bond donors (Lipinski definition) is 3. The van der Waals surface area contributed by atoms with E-state index in [2.05, 4.69) is 9.97 Å². The fourth-order valence-electron chi connectivity index (χ4n) is 1.73. The number of carboxylic acid groups (broad SMARTS) is 2. The molecule has 0 saturated heterocycles. The van der Waals surface area contributed by atoms with Crippen molar-refractivity contribution in [1.29, 1.82) is 0 Å². The summed E-state index contributed by atoms with van der Waals surface area (Å²) in [6.07, 6.45) is 0. The molecule has 2 atom stereocenters. The van der Waals surface area contributed by atoms with E-state index in [0.29, 0.717) is 10.7 Å². The van der Waals surface area contributed by atoms with Crippen molar-refractivity contribution in [3.8, 4) is 0 Å². The van der Waals surface area contributed by atoms with Crippen molar-refractivity contribution in [1.82, 2.24) is 9.97 Å². The van der Waals surface area contributed by atoms with Gasteiger partial charge >= 0.3 is 11.9 Å². The van der Waals surface area contributed by atoms with Crippen LogP contribution in [0.4, 0.5) is 0 Å². The summed E-state index contributed by atoms with van der Waals surface area (Å²) >= 11 is 0.914. The number of thioether (sulfide) groups is 1. The number of aromatic nitrogens is 2. The lowest BCUT2D eigenvalue weighted by Gasteiger charge is -2.26. The topological polar surface area (TPSA) is 103 Å². The fraction of sp³-hybridized carbons (Fsp3) is 0.308. The number of benzene rings is 1. The second-order valence-electron chi connectivity index (χ2n) is 4.63. The van der Waals surface area contributed by atoms with Crippen LogP contribution in [-0.4, -0.2) is 36.9 Å². The number of nitrogens with zero attached hydrogens (tertiary/aromatic N) is 1. The summed E-state index contributed by atoms with van der Waals surface area (Å²) in [5.41, 5.74) is 1.50. The van der Waals surface area contributed by atoms with E-state index in [1.165, 1.54) is 13.8 Å². The van der Waals surface area contributed by atoms with Crippen LogP contribution in [0.1, 0.15) is 13.8 Å². The zero-order valence-electron chi connectivity index (χ0n) is 11.0. The first kappa shape index (κ1) is 14.4. The zero-order chi connectivity index (χ0) is 14.9. The maximum Gasteiger partial charge on any atom is 0.320 e. The highest BCUT2D eigenvalue weighted by Crippen LogP contribution is 2.38. The highest BCUT2D eigenvalue weighted by Gasteiger charge is 2.45. The Hall–Kier alpha value is -2.02. The predicted octanol–water partition coefficient (Wildman–Crippen LogP) is 2.22. The molecule has 6 nitrogen and oxygen atoms in total. The number of H-pyrrole nitrogens is 1. The lowest BCUT2D eigenvalue weighted by molar-refractivity contribution is -0.150. The third-order valence-corrected chi connectivity index (χ3v) is 4.64. The molecule has 106 valence electrons. The molecule has 1 aromatic carbocycles. The van der Waals surface area contributed by atoms with E-state index in [1.54, 1.807) is 6.07 Å². The van der Waals surface area contributed by atoms with Crippen LogP contribution in [0, 0.1) is 5.92 Å². The Balaban J connectivity index is 2.37. The second kappa shape index (κ2) is 5.16. The summed E-state index contributed by atoms with van der Waals surface area (Å²) < 4.78 is -1.50. The lowest BCUT2D eigenvalue weighted by Crippen LogP contribution is -2.42. The van der Waals surface area contributed by atoms with Crippen molar-refractivity contribution in [2.75, 3.05) is 0 Å². The SMILES string of the molecule is CC(C(=O)O)C(C)(Sc1nc2ccccc2[nH]1)C(=O)O. The van der Waals surface area contributed by atoms with Gasteiger partial charge in [-0.3, -0.25) is 9.59 Å². The molecule has 0 aliphatic carbocycles. The average molecular weight is 294 g/mol. The monoisotopic (exact) mass is 294 g/mol. The van der Waals surface area contributed by atoms with Crippen LogP contribution in [0.3, 0.4) is 0 Å². The van der Waals surface area contributed by atoms with Gasteiger partial charge in [0.05, 0.1) is 17.0 Å². The molecule has 7 heteroatoms. The molecule has 0 aliphatic heterocycles. The number of aromatic amines is 1. The van der Waals surface area contributed by atoms with Gasteiger partial charge in [0.1, 0.15) is 4.75 Å². The van der Waals surface area contributed by atoms with Gasteiger partial charge in [0.25, 0.3) is 0 Å². The van der Waals surface area contributed by atoms with Crippen molar-refractivity contribution in [2.45, 2.75) is 23.8 Å². The molecule has 2 unspecified atom stereocenters. The van der Waals surface area contributed by atoms with Crippen molar-refractivity contribution in [3.63, 3.8) is 0 Å². The van der Waals surface area contributed by atoms with Crippen LogP contribution in [0.25, 0.3) is 11.0 Å². The van der Waals surface area contributed by atoms with E-state index in [0.717, 1.165) is 17.3 Å². The third-order valence-electron chi connectivity index (χ3n) is 3.30. The van der Waals surface area contributed by atoms with Gasteiger partial charge in [-0.25, -0.2) is 4.98 Å². The van der Waals surface area contributed by atoms with Crippen molar-refractivity contribution < 1.29 is 19.8 Å². The van der Waals surface area contributed by atoms with E-state index in [4.69, 9.17) is 5.11 Å². The van der Waals surface area contributed by atoms with E-state index in [1.807, 2.05) is 18.2 Å². The molecule has 0 bridgehead atoms. The number of fused-ring (bicyclic) bond motifs is 1. The second-order valence-corrected chi connectivity index (χ2v) is 6.07. The van der Waals surface area contributed by atoms with E-state index < -0.39 is 22.6 Å². The number of nitrogens with one attached hydrogen (secondary N) is 1. The average Bonchev–Trinajstić information content (AvgIpc) is 2.79. The Kier molecular flexibility index (Phi) is 3.71. The molecule has 2 aromatic rings. The van der Waals surface area contributed by atoms with Gasteiger partial charge in [-0.15, -0.1) is 0 Å². The summed E-state index contributed by atoms with van der Waals surface area (Å²) in [4.78, 5) is 29.8. The Morgan fingerprint density at radius 1 is 1.35 bits per heavy atom. The molecule has 0 aliphatic rings. The molecule has 0 radical (unpaired) electrons. The molecule has 0 saturated carbocycles. The van der Waals surface area contributed by atoms with E-state index in [-0.39, 0.29) is 0 Å². The van der Waals surface area contributed by atoms with E-state index >= 15 is 0 Å². The van der Waals surface area contributed by atoms with Crippen LogP contribution in [0.5, 0.6) is 0 Å². The quantitative estimate of drug-likeness (QED) is 0.731. The summed E-state index contributed by atoms with van der Waals surface area (Å²) in [6.45, 7) is 2.78. The fourth-order valence-corrected chi connectivity index (χ4v) is 2.80. The van der Waals surface area contributed by atoms with Crippen molar-refractivity contribution in [2.24, 2.45) is 5.92 Å². The van der Waals surface area contributed by atoms with Gasteiger partial charge in [-0.2, -0.15) is 0 Å². The number of carboxylic acids is 2. The third kappa shape index (κ3) is 2.49. The predicted molar refractivity (Wildman–Crippen MR) is 74.8 cm³/mol. The molecule has 1 aromatic heterocycles. The smallest absolute Gasteiger partial charge is 0.320 e.